The molecule has 2 N–H and O–H groups in total. The van der Waals surface area contributed by atoms with Crippen LogP contribution in [0.2, 0.25) is 0 Å². The number of para-hydroxylation sites is 1. The van der Waals surface area contributed by atoms with Gasteiger partial charge in [-0.2, -0.15) is 0 Å². The van der Waals surface area contributed by atoms with E-state index < -0.39 is 24.0 Å². The molecule has 0 aliphatic carbocycles. The highest BCUT2D eigenvalue weighted by Crippen LogP contribution is 2.24. The van der Waals surface area contributed by atoms with Gasteiger partial charge in [-0.25, -0.2) is 4.79 Å². The third-order valence-corrected chi connectivity index (χ3v) is 5.60. The summed E-state index contributed by atoms with van der Waals surface area (Å²) in [6.45, 7) is 2.04. The van der Waals surface area contributed by atoms with E-state index in [1.165, 1.54) is 12.0 Å². The van der Waals surface area contributed by atoms with Gasteiger partial charge in [0.2, 0.25) is 5.91 Å². The lowest BCUT2D eigenvalue weighted by Crippen LogP contribution is -2.51. The van der Waals surface area contributed by atoms with Crippen molar-refractivity contribution < 1.29 is 19.1 Å². The number of carbonyl (C=O) groups is 3. The van der Waals surface area contributed by atoms with E-state index in [-0.39, 0.29) is 12.3 Å². The molecule has 7 heteroatoms. The molecular formula is C23H23N3O4. The van der Waals surface area contributed by atoms with E-state index in [0.717, 1.165) is 22.0 Å². The second-order valence-electron chi connectivity index (χ2n) is 7.41. The number of benzene rings is 2. The topological polar surface area (TPSA) is 91.5 Å². The average Bonchev–Trinajstić information content (AvgIpc) is 3.33. The van der Waals surface area contributed by atoms with Gasteiger partial charge in [-0.1, -0.05) is 36.4 Å². The molecule has 1 aliphatic heterocycles. The van der Waals surface area contributed by atoms with Crippen LogP contribution in [0.4, 0.5) is 0 Å². The quantitative estimate of drug-likeness (QED) is 0.616. The number of esters is 1. The summed E-state index contributed by atoms with van der Waals surface area (Å²) in [7, 11) is 1.29. The highest BCUT2D eigenvalue weighted by molar-refractivity contribution is 6.01. The smallest absolute Gasteiger partial charge is 0.328 e. The molecule has 2 unspecified atom stereocenters. The van der Waals surface area contributed by atoms with Gasteiger partial charge in [0.25, 0.3) is 5.91 Å². The zero-order chi connectivity index (χ0) is 21.3. The van der Waals surface area contributed by atoms with Crippen LogP contribution in [0.15, 0.2) is 54.7 Å². The molecule has 4 rings (SSSR count). The number of aromatic amines is 1. The van der Waals surface area contributed by atoms with E-state index in [0.29, 0.717) is 12.1 Å². The minimum absolute atomic E-state index is 0.181. The van der Waals surface area contributed by atoms with Crippen molar-refractivity contribution in [3.8, 4) is 0 Å². The number of carbonyl (C=O) groups excluding carboxylic acids is 3. The Kier molecular flexibility index (Phi) is 5.27. The number of hydrogen-bond donors (Lipinski definition) is 2. The fourth-order valence-electron chi connectivity index (χ4n) is 3.88. The largest absolute Gasteiger partial charge is 0.467 e. The molecule has 0 bridgehead atoms. The molecule has 30 heavy (non-hydrogen) atoms. The Morgan fingerprint density at radius 1 is 1.17 bits per heavy atom. The summed E-state index contributed by atoms with van der Waals surface area (Å²) >= 11 is 0. The minimum Gasteiger partial charge on any atom is -0.467 e. The summed E-state index contributed by atoms with van der Waals surface area (Å²) in [6, 6.07) is 13.5. The maximum Gasteiger partial charge on any atom is 0.328 e. The maximum atomic E-state index is 12.9. The van der Waals surface area contributed by atoms with Gasteiger partial charge < -0.3 is 19.9 Å². The number of rotatable bonds is 6. The van der Waals surface area contributed by atoms with Gasteiger partial charge in [0.15, 0.2) is 0 Å². The number of aromatic nitrogens is 1. The fourth-order valence-corrected chi connectivity index (χ4v) is 3.88. The standard InChI is InChI=1S/C23H23N3O4/c1-14(26-13-15-7-3-4-9-18(15)22(26)28)21(27)25-20(23(29)30-2)11-16-12-24-19-10-6-5-8-17(16)19/h3-10,12,14,20,24H,11,13H2,1-2H3,(H,25,27). The number of methoxy groups -OCH3 is 1. The first-order chi connectivity index (χ1) is 14.5. The van der Waals surface area contributed by atoms with Gasteiger partial charge in [0.1, 0.15) is 12.1 Å². The zero-order valence-electron chi connectivity index (χ0n) is 16.8. The Balaban J connectivity index is 1.50. The molecule has 0 radical (unpaired) electrons. The van der Waals surface area contributed by atoms with Crippen molar-refractivity contribution in [2.75, 3.05) is 7.11 Å². The lowest BCUT2D eigenvalue weighted by molar-refractivity contribution is -0.145. The van der Waals surface area contributed by atoms with Gasteiger partial charge in [0, 0.05) is 35.6 Å². The number of hydrogen-bond acceptors (Lipinski definition) is 4. The normalized spacial score (nSPS) is 15.0. The number of amides is 2. The summed E-state index contributed by atoms with van der Waals surface area (Å²) in [5.41, 5.74) is 3.36. The first kappa shape index (κ1) is 19.7. The first-order valence-corrected chi connectivity index (χ1v) is 9.81. The van der Waals surface area contributed by atoms with Gasteiger partial charge >= 0.3 is 5.97 Å². The highest BCUT2D eigenvalue weighted by atomic mass is 16.5. The summed E-state index contributed by atoms with van der Waals surface area (Å²) in [5.74, 6) is -1.11. The van der Waals surface area contributed by atoms with Crippen LogP contribution in [-0.2, 0) is 27.3 Å². The number of fused-ring (bicyclic) bond motifs is 2. The van der Waals surface area contributed by atoms with Crippen molar-refractivity contribution in [3.05, 3.63) is 71.4 Å². The van der Waals surface area contributed by atoms with Crippen LogP contribution in [0.1, 0.15) is 28.4 Å². The number of nitrogens with zero attached hydrogens (tertiary/aromatic N) is 1. The van der Waals surface area contributed by atoms with Crippen LogP contribution in [-0.4, -0.2) is 46.9 Å². The Morgan fingerprint density at radius 2 is 1.90 bits per heavy atom. The van der Waals surface area contributed by atoms with E-state index in [1.807, 2.05) is 42.6 Å². The summed E-state index contributed by atoms with van der Waals surface area (Å²) in [5, 5.41) is 3.76. The molecule has 2 atom stereocenters. The van der Waals surface area contributed by atoms with Crippen molar-refractivity contribution in [1.29, 1.82) is 0 Å². The summed E-state index contributed by atoms with van der Waals surface area (Å²) in [6.07, 6.45) is 2.11. The molecular weight excluding hydrogens is 382 g/mol. The molecule has 1 aromatic heterocycles. The summed E-state index contributed by atoms with van der Waals surface area (Å²) < 4.78 is 4.91. The SMILES string of the molecule is COC(=O)C(Cc1c[nH]c2ccccc12)NC(=O)C(C)N1Cc2ccccc2C1=O. The molecule has 3 aromatic rings. The third kappa shape index (κ3) is 3.54. The molecule has 2 aromatic carbocycles. The van der Waals surface area contributed by atoms with Gasteiger partial charge in [-0.3, -0.25) is 9.59 Å². The molecule has 0 saturated heterocycles. The van der Waals surface area contributed by atoms with Crippen molar-refractivity contribution >= 4 is 28.7 Å². The van der Waals surface area contributed by atoms with Crippen LogP contribution >= 0.6 is 0 Å². The molecule has 154 valence electrons. The predicted octanol–water partition coefficient (Wildman–Crippen LogP) is 2.41. The van der Waals surface area contributed by atoms with Crippen LogP contribution in [0.25, 0.3) is 10.9 Å². The lowest BCUT2D eigenvalue weighted by atomic mass is 10.0. The highest BCUT2D eigenvalue weighted by Gasteiger charge is 2.35. The second kappa shape index (κ2) is 8.02. The number of ether oxygens (including phenoxy) is 1. The van der Waals surface area contributed by atoms with Gasteiger partial charge in [-0.05, 0) is 30.2 Å². The van der Waals surface area contributed by atoms with E-state index in [1.54, 1.807) is 19.1 Å². The molecule has 2 heterocycles. The Morgan fingerprint density at radius 3 is 2.67 bits per heavy atom. The van der Waals surface area contributed by atoms with Crippen molar-refractivity contribution in [3.63, 3.8) is 0 Å². The molecule has 0 saturated carbocycles. The summed E-state index contributed by atoms with van der Waals surface area (Å²) in [4.78, 5) is 42.7. The molecule has 7 nitrogen and oxygen atoms in total. The van der Waals surface area contributed by atoms with Gasteiger partial charge in [-0.15, -0.1) is 0 Å². The third-order valence-electron chi connectivity index (χ3n) is 5.60. The average molecular weight is 405 g/mol. The lowest BCUT2D eigenvalue weighted by Gasteiger charge is -2.25. The Labute approximate surface area is 174 Å². The fraction of sp³-hybridized carbons (Fsp3) is 0.261. The van der Waals surface area contributed by atoms with Crippen LogP contribution in [0.5, 0.6) is 0 Å². The predicted molar refractivity (Wildman–Crippen MR) is 112 cm³/mol. The molecule has 0 fully saturated rings. The van der Waals surface area contributed by atoms with Crippen molar-refractivity contribution in [2.24, 2.45) is 0 Å². The Bertz CT molecular complexity index is 1120. The van der Waals surface area contributed by atoms with E-state index in [2.05, 4.69) is 10.3 Å². The molecule has 2 amide bonds. The Hall–Kier alpha value is -3.61. The number of H-pyrrole nitrogens is 1. The van der Waals surface area contributed by atoms with Crippen LogP contribution < -0.4 is 5.32 Å². The molecule has 1 aliphatic rings. The van der Waals surface area contributed by atoms with Crippen LogP contribution in [0.3, 0.4) is 0 Å². The van der Waals surface area contributed by atoms with E-state index in [4.69, 9.17) is 4.74 Å². The molecule has 0 spiro atoms. The maximum absolute atomic E-state index is 12.9. The number of nitrogens with one attached hydrogen (secondary N) is 2. The minimum atomic E-state index is -0.857. The van der Waals surface area contributed by atoms with E-state index in [9.17, 15) is 14.4 Å². The van der Waals surface area contributed by atoms with Gasteiger partial charge in [0.05, 0.1) is 7.11 Å². The van der Waals surface area contributed by atoms with Crippen molar-refractivity contribution in [1.82, 2.24) is 15.2 Å². The monoisotopic (exact) mass is 405 g/mol. The van der Waals surface area contributed by atoms with Crippen molar-refractivity contribution in [2.45, 2.75) is 32.0 Å². The van der Waals surface area contributed by atoms with E-state index >= 15 is 0 Å². The zero-order valence-corrected chi connectivity index (χ0v) is 16.8. The first-order valence-electron chi connectivity index (χ1n) is 9.81. The second-order valence-corrected chi connectivity index (χ2v) is 7.41. The van der Waals surface area contributed by atoms with Crippen LogP contribution in [0, 0.1) is 0 Å².